The first kappa shape index (κ1) is 13.2. The minimum Gasteiger partial charge on any atom is -0.351 e. The Balaban J connectivity index is 3.58. The van der Waals surface area contributed by atoms with Gasteiger partial charge in [-0.2, -0.15) is 0 Å². The zero-order valence-corrected chi connectivity index (χ0v) is 9.38. The lowest BCUT2D eigenvalue weighted by Crippen LogP contribution is -2.35. The maximum atomic E-state index is 10.9. The van der Waals surface area contributed by atoms with Gasteiger partial charge in [0.05, 0.1) is 0 Å². The van der Waals surface area contributed by atoms with E-state index in [2.05, 4.69) is 30.6 Å². The summed E-state index contributed by atoms with van der Waals surface area (Å²) >= 11 is 0. The number of nitrogens with zero attached hydrogens (tertiary/aromatic N) is 1. The van der Waals surface area contributed by atoms with Crippen LogP contribution in [0.4, 0.5) is 0 Å². The second-order valence-electron chi connectivity index (χ2n) is 3.34. The maximum absolute atomic E-state index is 10.9. The van der Waals surface area contributed by atoms with Crippen LogP contribution in [0.3, 0.4) is 0 Å². The molecule has 0 atom stereocenters. The van der Waals surface area contributed by atoms with Crippen molar-refractivity contribution in [1.29, 1.82) is 0 Å². The Bertz CT molecular complexity index is 163. The van der Waals surface area contributed by atoms with Gasteiger partial charge in [0.1, 0.15) is 0 Å². The highest BCUT2D eigenvalue weighted by Gasteiger charge is 2.01. The molecule has 0 bridgehead atoms. The van der Waals surface area contributed by atoms with E-state index in [9.17, 15) is 4.79 Å². The van der Waals surface area contributed by atoms with Gasteiger partial charge < -0.3 is 10.2 Å². The van der Waals surface area contributed by atoms with Crippen molar-refractivity contribution in [3.8, 4) is 0 Å². The molecule has 14 heavy (non-hydrogen) atoms. The summed E-state index contributed by atoms with van der Waals surface area (Å²) in [4.78, 5) is 13.2. The third-order valence-corrected chi connectivity index (χ3v) is 1.99. The monoisotopic (exact) mass is 198 g/mol. The molecule has 0 aromatic heterocycles. The van der Waals surface area contributed by atoms with E-state index >= 15 is 0 Å². The zero-order valence-electron chi connectivity index (χ0n) is 9.38. The van der Waals surface area contributed by atoms with Gasteiger partial charge in [0.25, 0.3) is 0 Å². The van der Waals surface area contributed by atoms with Crippen LogP contribution in [-0.4, -0.2) is 37.0 Å². The van der Waals surface area contributed by atoms with E-state index in [4.69, 9.17) is 0 Å². The lowest BCUT2D eigenvalue weighted by Gasteiger charge is -2.20. The van der Waals surface area contributed by atoms with Crippen LogP contribution in [0.25, 0.3) is 0 Å². The second kappa shape index (κ2) is 8.75. The lowest BCUT2D eigenvalue weighted by molar-refractivity contribution is -0.116. The van der Waals surface area contributed by atoms with Crippen LogP contribution in [0, 0.1) is 0 Å². The summed E-state index contributed by atoms with van der Waals surface area (Å²) in [6.07, 6.45) is 3.63. The highest BCUT2D eigenvalue weighted by atomic mass is 16.1. The Kier molecular flexibility index (Phi) is 8.24. The molecule has 0 aliphatic rings. The number of hydrogen-bond donors (Lipinski definition) is 1. The molecule has 0 saturated heterocycles. The van der Waals surface area contributed by atoms with Crippen molar-refractivity contribution >= 4 is 5.91 Å². The first-order valence-electron chi connectivity index (χ1n) is 5.37. The SMILES string of the molecule is C=CC(=O)NCCN(CCC)CCC. The van der Waals surface area contributed by atoms with Crippen molar-refractivity contribution in [3.05, 3.63) is 12.7 Å². The molecular formula is C11H22N2O. The third kappa shape index (κ3) is 6.66. The van der Waals surface area contributed by atoms with Crippen molar-refractivity contribution < 1.29 is 4.79 Å². The van der Waals surface area contributed by atoms with Crippen LogP contribution in [0.1, 0.15) is 26.7 Å². The topological polar surface area (TPSA) is 32.3 Å². The Morgan fingerprint density at radius 3 is 2.29 bits per heavy atom. The first-order chi connectivity index (χ1) is 6.74. The van der Waals surface area contributed by atoms with E-state index in [0.29, 0.717) is 6.54 Å². The van der Waals surface area contributed by atoms with E-state index in [-0.39, 0.29) is 5.91 Å². The quantitative estimate of drug-likeness (QED) is 0.598. The highest BCUT2D eigenvalue weighted by molar-refractivity contribution is 5.86. The van der Waals surface area contributed by atoms with Gasteiger partial charge in [0.2, 0.25) is 5.91 Å². The van der Waals surface area contributed by atoms with Crippen LogP contribution >= 0.6 is 0 Å². The van der Waals surface area contributed by atoms with Crippen LogP contribution in [0.2, 0.25) is 0 Å². The van der Waals surface area contributed by atoms with E-state index in [1.807, 2.05) is 0 Å². The molecule has 0 saturated carbocycles. The second-order valence-corrected chi connectivity index (χ2v) is 3.34. The van der Waals surface area contributed by atoms with E-state index < -0.39 is 0 Å². The number of carbonyl (C=O) groups is 1. The minimum absolute atomic E-state index is 0.0852. The van der Waals surface area contributed by atoms with Crippen LogP contribution in [-0.2, 0) is 4.79 Å². The molecule has 0 aliphatic heterocycles. The standard InChI is InChI=1S/C11H22N2O/c1-4-8-13(9-5-2)10-7-12-11(14)6-3/h6H,3-5,7-10H2,1-2H3,(H,12,14). The van der Waals surface area contributed by atoms with Gasteiger partial charge in [-0.25, -0.2) is 0 Å². The maximum Gasteiger partial charge on any atom is 0.243 e. The summed E-state index contributed by atoms with van der Waals surface area (Å²) in [6.45, 7) is 11.6. The summed E-state index contributed by atoms with van der Waals surface area (Å²) in [6, 6.07) is 0. The molecule has 0 fully saturated rings. The number of nitrogens with one attached hydrogen (secondary N) is 1. The van der Waals surface area contributed by atoms with Crippen LogP contribution in [0.5, 0.6) is 0 Å². The Morgan fingerprint density at radius 2 is 1.86 bits per heavy atom. The van der Waals surface area contributed by atoms with Crippen LogP contribution < -0.4 is 5.32 Å². The van der Waals surface area contributed by atoms with E-state index in [0.717, 1.165) is 32.5 Å². The van der Waals surface area contributed by atoms with Gasteiger partial charge in [-0.3, -0.25) is 4.79 Å². The van der Waals surface area contributed by atoms with Gasteiger partial charge in [0.15, 0.2) is 0 Å². The summed E-state index contributed by atoms with van der Waals surface area (Å²) in [7, 11) is 0. The largest absolute Gasteiger partial charge is 0.351 e. The average Bonchev–Trinajstić information content (AvgIpc) is 2.18. The molecule has 82 valence electrons. The molecule has 0 aliphatic carbocycles. The van der Waals surface area contributed by atoms with Crippen molar-refractivity contribution in [2.24, 2.45) is 0 Å². The summed E-state index contributed by atoms with van der Waals surface area (Å²) in [5.74, 6) is -0.0852. The molecule has 0 heterocycles. The molecule has 0 aromatic rings. The van der Waals surface area contributed by atoms with Gasteiger partial charge in [-0.05, 0) is 32.0 Å². The molecule has 0 unspecified atom stereocenters. The van der Waals surface area contributed by atoms with Gasteiger partial charge >= 0.3 is 0 Å². The molecule has 0 spiro atoms. The molecule has 0 aromatic carbocycles. The van der Waals surface area contributed by atoms with E-state index in [1.54, 1.807) is 0 Å². The van der Waals surface area contributed by atoms with Gasteiger partial charge in [-0.15, -0.1) is 0 Å². The minimum atomic E-state index is -0.0852. The smallest absolute Gasteiger partial charge is 0.243 e. The third-order valence-electron chi connectivity index (χ3n) is 1.99. The summed E-state index contributed by atoms with van der Waals surface area (Å²) < 4.78 is 0. The molecular weight excluding hydrogens is 176 g/mol. The fraction of sp³-hybridized carbons (Fsp3) is 0.727. The van der Waals surface area contributed by atoms with Crippen molar-refractivity contribution in [1.82, 2.24) is 10.2 Å². The molecule has 1 amide bonds. The Morgan fingerprint density at radius 1 is 1.29 bits per heavy atom. The first-order valence-corrected chi connectivity index (χ1v) is 5.37. The normalized spacial score (nSPS) is 10.2. The average molecular weight is 198 g/mol. The fourth-order valence-electron chi connectivity index (χ4n) is 1.38. The van der Waals surface area contributed by atoms with Crippen LogP contribution in [0.15, 0.2) is 12.7 Å². The van der Waals surface area contributed by atoms with Crippen molar-refractivity contribution in [2.45, 2.75) is 26.7 Å². The number of hydrogen-bond acceptors (Lipinski definition) is 2. The zero-order chi connectivity index (χ0) is 10.8. The number of rotatable bonds is 8. The van der Waals surface area contributed by atoms with Crippen molar-refractivity contribution in [3.63, 3.8) is 0 Å². The lowest BCUT2D eigenvalue weighted by atomic mass is 10.3. The van der Waals surface area contributed by atoms with E-state index in [1.165, 1.54) is 6.08 Å². The number of carbonyl (C=O) groups excluding carboxylic acids is 1. The Hall–Kier alpha value is -0.830. The molecule has 3 heteroatoms. The molecule has 3 nitrogen and oxygen atoms in total. The van der Waals surface area contributed by atoms with Gasteiger partial charge in [-0.1, -0.05) is 20.4 Å². The van der Waals surface area contributed by atoms with Gasteiger partial charge in [0, 0.05) is 13.1 Å². The highest BCUT2D eigenvalue weighted by Crippen LogP contribution is 1.92. The number of amides is 1. The predicted octanol–water partition coefficient (Wildman–Crippen LogP) is 1.41. The van der Waals surface area contributed by atoms with Crippen molar-refractivity contribution in [2.75, 3.05) is 26.2 Å². The molecule has 0 radical (unpaired) electrons. The Labute approximate surface area is 87.2 Å². The molecule has 0 rings (SSSR count). The predicted molar refractivity (Wildman–Crippen MR) is 60.2 cm³/mol. The fourth-order valence-corrected chi connectivity index (χ4v) is 1.38. The summed E-state index contributed by atoms with van der Waals surface area (Å²) in [5, 5.41) is 2.78. The molecule has 1 N–H and O–H groups in total. The summed E-state index contributed by atoms with van der Waals surface area (Å²) in [5.41, 5.74) is 0.